The van der Waals surface area contributed by atoms with Gasteiger partial charge in [-0.15, -0.1) is 5.92 Å². The molecule has 1 aromatic rings. The number of alkyl halides is 2. The maximum atomic E-state index is 14.2. The Morgan fingerprint density at radius 2 is 1.58 bits per heavy atom. The maximum absolute atomic E-state index is 14.2. The number of carbonyl (C=O) groups is 3. The lowest BCUT2D eigenvalue weighted by Crippen LogP contribution is -2.55. The molecule has 1 amide bonds. The SMILES string of the molecule is CC#CCOc1ccc(CC(NC(=O)[C@@H](/C=C/CCCCCCC(F)(F)CCCCCCC)[C@@](O)(CCOC)C(=O)O)C(=O)OC)cc1. The number of nitrogens with one attached hydrogen (secondary N) is 1. The molecular weight excluding hydrogens is 624 g/mol. The van der Waals surface area contributed by atoms with Gasteiger partial charge in [-0.25, -0.2) is 18.4 Å². The number of amides is 1. The van der Waals surface area contributed by atoms with E-state index in [-0.39, 0.29) is 38.9 Å². The van der Waals surface area contributed by atoms with E-state index in [1.54, 1.807) is 37.3 Å². The van der Waals surface area contributed by atoms with Crippen LogP contribution in [0.3, 0.4) is 0 Å². The minimum atomic E-state index is -2.65. The van der Waals surface area contributed by atoms with Gasteiger partial charge in [0.2, 0.25) is 11.8 Å². The quantitative estimate of drug-likeness (QED) is 0.0430. The summed E-state index contributed by atoms with van der Waals surface area (Å²) in [4.78, 5) is 38.5. The van der Waals surface area contributed by atoms with Crippen LogP contribution in [-0.2, 0) is 30.3 Å². The number of unbranched alkanes of at least 4 members (excludes halogenated alkanes) is 8. The number of esters is 1. The minimum Gasteiger partial charge on any atom is -0.481 e. The molecule has 0 heterocycles. The van der Waals surface area contributed by atoms with E-state index in [2.05, 4.69) is 24.1 Å². The van der Waals surface area contributed by atoms with E-state index < -0.39 is 41.3 Å². The number of carbonyl (C=O) groups excluding carboxylic acids is 2. The fourth-order valence-corrected chi connectivity index (χ4v) is 5.21. The molecule has 0 aliphatic rings. The molecule has 0 fully saturated rings. The Morgan fingerprint density at radius 3 is 2.15 bits per heavy atom. The van der Waals surface area contributed by atoms with Gasteiger partial charge in [-0.3, -0.25) is 4.79 Å². The van der Waals surface area contributed by atoms with Gasteiger partial charge in [0.05, 0.1) is 13.0 Å². The zero-order chi connectivity index (χ0) is 35.8. The van der Waals surface area contributed by atoms with Crippen molar-refractivity contribution in [3.05, 3.63) is 42.0 Å². The van der Waals surface area contributed by atoms with Crippen molar-refractivity contribution < 1.29 is 47.6 Å². The number of hydrogen-bond acceptors (Lipinski definition) is 7. The minimum absolute atomic E-state index is 0.0331. The highest BCUT2D eigenvalue weighted by molar-refractivity contribution is 5.92. The van der Waals surface area contributed by atoms with Gasteiger partial charge in [0.1, 0.15) is 18.4 Å². The van der Waals surface area contributed by atoms with Crippen molar-refractivity contribution in [2.45, 2.75) is 121 Å². The lowest BCUT2D eigenvalue weighted by atomic mass is 9.83. The summed E-state index contributed by atoms with van der Waals surface area (Å²) in [6.45, 7) is 3.88. The lowest BCUT2D eigenvalue weighted by Gasteiger charge is -2.30. The molecule has 0 spiro atoms. The van der Waals surface area contributed by atoms with Crippen molar-refractivity contribution >= 4 is 17.8 Å². The summed E-state index contributed by atoms with van der Waals surface area (Å²) in [7, 11) is 2.52. The van der Waals surface area contributed by atoms with Crippen LogP contribution in [0.25, 0.3) is 0 Å². The fourth-order valence-electron chi connectivity index (χ4n) is 5.21. The smallest absolute Gasteiger partial charge is 0.336 e. The number of aliphatic carboxylic acids is 1. The molecule has 0 aliphatic carbocycles. The molecule has 1 aromatic carbocycles. The second kappa shape index (κ2) is 23.8. The second-order valence-electron chi connectivity index (χ2n) is 12.0. The van der Waals surface area contributed by atoms with E-state index in [1.807, 2.05) is 0 Å². The van der Waals surface area contributed by atoms with Crippen LogP contribution < -0.4 is 10.1 Å². The molecule has 0 saturated carbocycles. The Bertz CT molecular complexity index is 1180. The first-order chi connectivity index (χ1) is 22.9. The normalized spacial score (nSPS) is 14.0. The molecule has 0 radical (unpaired) electrons. The van der Waals surface area contributed by atoms with Crippen molar-refractivity contribution in [2.75, 3.05) is 27.4 Å². The molecule has 11 heteroatoms. The average molecular weight is 680 g/mol. The largest absolute Gasteiger partial charge is 0.481 e. The first-order valence-electron chi connectivity index (χ1n) is 16.9. The summed E-state index contributed by atoms with van der Waals surface area (Å²) < 4.78 is 43.7. The predicted octanol–water partition coefficient (Wildman–Crippen LogP) is 6.65. The molecule has 0 aromatic heterocycles. The Kier molecular flexibility index (Phi) is 21.1. The van der Waals surface area contributed by atoms with Gasteiger partial charge in [-0.2, -0.15) is 0 Å². The molecule has 48 heavy (non-hydrogen) atoms. The number of ether oxygens (including phenoxy) is 3. The molecule has 0 aliphatic heterocycles. The van der Waals surface area contributed by atoms with Crippen LogP contribution in [-0.4, -0.2) is 73.1 Å². The number of allylic oxidation sites excluding steroid dienone is 1. The van der Waals surface area contributed by atoms with E-state index in [0.29, 0.717) is 49.8 Å². The van der Waals surface area contributed by atoms with Crippen LogP contribution in [0, 0.1) is 17.8 Å². The molecule has 0 bridgehead atoms. The van der Waals surface area contributed by atoms with E-state index in [4.69, 9.17) is 14.2 Å². The highest BCUT2D eigenvalue weighted by Crippen LogP contribution is 2.29. The summed E-state index contributed by atoms with van der Waals surface area (Å²) in [5.41, 5.74) is -1.86. The summed E-state index contributed by atoms with van der Waals surface area (Å²) in [6.07, 6.45) is 9.65. The number of aliphatic hydroxyl groups is 1. The third-order valence-electron chi connectivity index (χ3n) is 8.15. The molecule has 0 saturated heterocycles. The van der Waals surface area contributed by atoms with E-state index in [0.717, 1.165) is 25.7 Å². The number of halogens is 2. The topological polar surface area (TPSA) is 131 Å². The van der Waals surface area contributed by atoms with Crippen molar-refractivity contribution in [3.63, 3.8) is 0 Å². The first kappa shape index (κ1) is 42.5. The lowest BCUT2D eigenvalue weighted by molar-refractivity contribution is -0.169. The molecular formula is C37H55F2NO8. The van der Waals surface area contributed by atoms with Crippen molar-refractivity contribution in [1.29, 1.82) is 0 Å². The van der Waals surface area contributed by atoms with E-state index >= 15 is 0 Å². The second-order valence-corrected chi connectivity index (χ2v) is 12.0. The summed E-state index contributed by atoms with van der Waals surface area (Å²) >= 11 is 0. The number of rotatable bonds is 26. The standard InChI is InChI=1S/C37H55F2NO8/c1-5-7-9-13-16-23-36(38,39)24-17-14-11-10-12-15-18-31(37(45,35(43)44)25-27-46-3)33(41)40-32(34(42)47-4)28-29-19-21-30(22-20-29)48-26-8-6-2/h15,18-22,31-32,45H,5,7,9-14,16-17,23-28H2,1-4H3,(H,40,41)(H,43,44)/b18-15+/t31-,32?,37+/m1/s1. The Hall–Kier alpha value is -3.49. The monoisotopic (exact) mass is 679 g/mol. The highest BCUT2D eigenvalue weighted by Gasteiger charge is 2.47. The van der Waals surface area contributed by atoms with Gasteiger partial charge in [0.15, 0.2) is 5.60 Å². The third kappa shape index (κ3) is 16.6. The zero-order valence-electron chi connectivity index (χ0n) is 29.0. The molecule has 3 atom stereocenters. The van der Waals surface area contributed by atoms with E-state index in [9.17, 15) is 33.4 Å². The van der Waals surface area contributed by atoms with Gasteiger partial charge >= 0.3 is 11.9 Å². The van der Waals surface area contributed by atoms with Crippen LogP contribution in [0.15, 0.2) is 36.4 Å². The number of carboxylic acid groups (broad SMARTS) is 1. The van der Waals surface area contributed by atoms with Crippen LogP contribution in [0.5, 0.6) is 5.75 Å². The molecule has 9 nitrogen and oxygen atoms in total. The van der Waals surface area contributed by atoms with Crippen LogP contribution >= 0.6 is 0 Å². The van der Waals surface area contributed by atoms with E-state index in [1.165, 1.54) is 20.3 Å². The number of carboxylic acids is 1. The zero-order valence-corrected chi connectivity index (χ0v) is 29.0. The van der Waals surface area contributed by atoms with Gasteiger partial charge in [0, 0.05) is 39.4 Å². The number of hydrogen-bond donors (Lipinski definition) is 3. The van der Waals surface area contributed by atoms with Crippen LogP contribution in [0.1, 0.15) is 103 Å². The Labute approximate surface area is 284 Å². The molecule has 3 N–H and O–H groups in total. The molecule has 1 rings (SSSR count). The maximum Gasteiger partial charge on any atom is 0.336 e. The van der Waals surface area contributed by atoms with Crippen molar-refractivity contribution in [2.24, 2.45) is 5.92 Å². The van der Waals surface area contributed by atoms with Crippen LogP contribution in [0.2, 0.25) is 0 Å². The predicted molar refractivity (Wildman–Crippen MR) is 181 cm³/mol. The fraction of sp³-hybridized carbons (Fsp3) is 0.649. The Balaban J connectivity index is 2.89. The van der Waals surface area contributed by atoms with Gasteiger partial charge in [-0.05, 0) is 50.3 Å². The van der Waals surface area contributed by atoms with Crippen LogP contribution in [0.4, 0.5) is 8.78 Å². The van der Waals surface area contributed by atoms with Crippen molar-refractivity contribution in [3.8, 4) is 17.6 Å². The number of benzene rings is 1. The van der Waals surface area contributed by atoms with Gasteiger partial charge in [-0.1, -0.05) is 75.7 Å². The summed E-state index contributed by atoms with van der Waals surface area (Å²) in [5.74, 6) is -1.36. The third-order valence-corrected chi connectivity index (χ3v) is 8.15. The average Bonchev–Trinajstić information content (AvgIpc) is 3.06. The number of methoxy groups -OCH3 is 2. The van der Waals surface area contributed by atoms with Crippen molar-refractivity contribution in [1.82, 2.24) is 5.32 Å². The highest BCUT2D eigenvalue weighted by atomic mass is 19.3. The first-order valence-corrected chi connectivity index (χ1v) is 16.9. The molecule has 1 unspecified atom stereocenters. The molecule has 270 valence electrons. The van der Waals surface area contributed by atoms with Gasteiger partial charge < -0.3 is 29.7 Å². The van der Waals surface area contributed by atoms with Gasteiger partial charge in [0.25, 0.3) is 0 Å². The summed E-state index contributed by atoms with van der Waals surface area (Å²) in [5, 5.41) is 23.8. The summed E-state index contributed by atoms with van der Waals surface area (Å²) in [6, 6.07) is 5.66. The Morgan fingerprint density at radius 1 is 0.958 bits per heavy atom.